The zero-order valence-electron chi connectivity index (χ0n) is 13.2. The van der Waals surface area contributed by atoms with Crippen molar-refractivity contribution >= 4 is 11.8 Å². The molecule has 0 aliphatic carbocycles. The van der Waals surface area contributed by atoms with Crippen LogP contribution in [0, 0.1) is 0 Å². The van der Waals surface area contributed by atoms with Crippen molar-refractivity contribution in [3.8, 4) is 0 Å². The van der Waals surface area contributed by atoms with Gasteiger partial charge in [0.15, 0.2) is 0 Å². The highest BCUT2D eigenvalue weighted by atomic mass is 16.6. The minimum atomic E-state index is -0.462. The minimum absolute atomic E-state index is 0.384. The fourth-order valence-corrected chi connectivity index (χ4v) is 1.90. The molecule has 0 heterocycles. The van der Waals surface area contributed by atoms with Gasteiger partial charge in [0.1, 0.15) is 5.60 Å². The van der Waals surface area contributed by atoms with E-state index in [-0.39, 0.29) is 6.09 Å². The van der Waals surface area contributed by atoms with Crippen molar-refractivity contribution in [2.75, 3.05) is 18.0 Å². The van der Waals surface area contributed by atoms with E-state index in [1.54, 1.807) is 0 Å². The lowest BCUT2D eigenvalue weighted by molar-refractivity contribution is 0.0523. The highest BCUT2D eigenvalue weighted by Gasteiger charge is 2.15. The molecule has 1 N–H and O–H groups in total. The van der Waals surface area contributed by atoms with Crippen LogP contribution < -0.4 is 10.2 Å². The molecule has 0 bridgehead atoms. The van der Waals surface area contributed by atoms with E-state index in [4.69, 9.17) is 4.74 Å². The van der Waals surface area contributed by atoms with Gasteiger partial charge in [0.05, 0.1) is 0 Å². The van der Waals surface area contributed by atoms with Gasteiger partial charge in [0, 0.05) is 25.3 Å². The number of hydrogen-bond acceptors (Lipinski definition) is 3. The molecule has 0 saturated carbocycles. The lowest BCUT2D eigenvalue weighted by Gasteiger charge is -2.21. The van der Waals surface area contributed by atoms with Crippen molar-refractivity contribution in [3.63, 3.8) is 0 Å². The van der Waals surface area contributed by atoms with Crippen LogP contribution in [0.3, 0.4) is 0 Å². The number of ether oxygens (including phenoxy) is 1. The summed E-state index contributed by atoms with van der Waals surface area (Å²) in [5.74, 6) is 0. The maximum Gasteiger partial charge on any atom is 0.407 e. The highest BCUT2D eigenvalue weighted by Crippen LogP contribution is 2.15. The second kappa shape index (κ2) is 7.17. The molecule has 0 radical (unpaired) electrons. The summed E-state index contributed by atoms with van der Waals surface area (Å²) in [5.41, 5.74) is 1.80. The van der Waals surface area contributed by atoms with E-state index in [0.29, 0.717) is 6.54 Å². The number of anilines is 1. The van der Waals surface area contributed by atoms with Crippen LogP contribution in [0.4, 0.5) is 10.5 Å². The summed E-state index contributed by atoms with van der Waals surface area (Å²) in [6.07, 6.45) is -0.384. The fourth-order valence-electron chi connectivity index (χ4n) is 1.90. The lowest BCUT2D eigenvalue weighted by atomic mass is 10.2. The third-order valence-corrected chi connectivity index (χ3v) is 2.90. The van der Waals surface area contributed by atoms with Gasteiger partial charge in [-0.05, 0) is 52.3 Å². The van der Waals surface area contributed by atoms with Crippen molar-refractivity contribution < 1.29 is 9.53 Å². The van der Waals surface area contributed by atoms with Crippen LogP contribution in [-0.2, 0) is 11.3 Å². The summed E-state index contributed by atoms with van der Waals surface area (Å²) in [6, 6.07) is 8.23. The summed E-state index contributed by atoms with van der Waals surface area (Å²) in [7, 11) is 0. The summed E-state index contributed by atoms with van der Waals surface area (Å²) in [6.45, 7) is 12.3. The van der Waals surface area contributed by atoms with Crippen LogP contribution in [0.15, 0.2) is 24.3 Å². The molecule has 0 aliphatic rings. The molecule has 0 fully saturated rings. The Bertz CT molecular complexity index is 417. The molecule has 1 aromatic carbocycles. The van der Waals surface area contributed by atoms with E-state index in [9.17, 15) is 4.79 Å². The summed E-state index contributed by atoms with van der Waals surface area (Å²) >= 11 is 0. The number of carbonyl (C=O) groups is 1. The van der Waals surface area contributed by atoms with Crippen molar-refractivity contribution in [3.05, 3.63) is 29.8 Å². The molecule has 0 atom stereocenters. The first-order valence-corrected chi connectivity index (χ1v) is 7.16. The van der Waals surface area contributed by atoms with Gasteiger partial charge < -0.3 is 15.0 Å². The lowest BCUT2D eigenvalue weighted by Crippen LogP contribution is -2.32. The predicted molar refractivity (Wildman–Crippen MR) is 83.1 cm³/mol. The summed E-state index contributed by atoms with van der Waals surface area (Å²) in [4.78, 5) is 13.8. The Balaban J connectivity index is 2.52. The second-order valence-corrected chi connectivity index (χ2v) is 5.69. The van der Waals surface area contributed by atoms with E-state index < -0.39 is 5.60 Å². The van der Waals surface area contributed by atoms with E-state index in [1.807, 2.05) is 32.9 Å². The average Bonchev–Trinajstić information content (AvgIpc) is 2.37. The Hall–Kier alpha value is -1.71. The van der Waals surface area contributed by atoms with E-state index in [2.05, 4.69) is 36.2 Å². The SMILES string of the molecule is CCN(CC)c1ccc(CNC(=O)OC(C)(C)C)cc1. The molecule has 0 aliphatic heterocycles. The Morgan fingerprint density at radius 3 is 2.15 bits per heavy atom. The Labute approximate surface area is 122 Å². The number of alkyl carbamates (subject to hydrolysis) is 1. The topological polar surface area (TPSA) is 41.6 Å². The smallest absolute Gasteiger partial charge is 0.407 e. The van der Waals surface area contributed by atoms with Gasteiger partial charge in [0.2, 0.25) is 0 Å². The number of amides is 1. The molecule has 0 unspecified atom stereocenters. The molecule has 0 spiro atoms. The van der Waals surface area contributed by atoms with Crippen LogP contribution in [0.25, 0.3) is 0 Å². The number of hydrogen-bond donors (Lipinski definition) is 1. The van der Waals surface area contributed by atoms with Crippen molar-refractivity contribution in [2.45, 2.75) is 46.8 Å². The van der Waals surface area contributed by atoms with Gasteiger partial charge in [0.25, 0.3) is 0 Å². The van der Waals surface area contributed by atoms with Gasteiger partial charge in [-0.25, -0.2) is 4.79 Å². The Kier molecular flexibility index (Phi) is 5.86. The van der Waals surface area contributed by atoms with E-state index in [1.165, 1.54) is 5.69 Å². The quantitative estimate of drug-likeness (QED) is 0.895. The Morgan fingerprint density at radius 1 is 1.15 bits per heavy atom. The molecule has 20 heavy (non-hydrogen) atoms. The number of rotatable bonds is 5. The van der Waals surface area contributed by atoms with Crippen LogP contribution in [-0.4, -0.2) is 24.8 Å². The maximum atomic E-state index is 11.6. The molecule has 0 saturated heterocycles. The molecular formula is C16H26N2O2. The average molecular weight is 278 g/mol. The number of nitrogens with one attached hydrogen (secondary N) is 1. The third kappa shape index (κ3) is 5.51. The Morgan fingerprint density at radius 2 is 1.70 bits per heavy atom. The zero-order chi connectivity index (χ0) is 15.2. The van der Waals surface area contributed by atoms with Crippen LogP contribution >= 0.6 is 0 Å². The maximum absolute atomic E-state index is 11.6. The number of benzene rings is 1. The van der Waals surface area contributed by atoms with Crippen molar-refractivity contribution in [1.82, 2.24) is 5.32 Å². The van der Waals surface area contributed by atoms with Crippen molar-refractivity contribution in [2.24, 2.45) is 0 Å². The number of nitrogens with zero attached hydrogens (tertiary/aromatic N) is 1. The minimum Gasteiger partial charge on any atom is -0.444 e. The standard InChI is InChI=1S/C16H26N2O2/c1-6-18(7-2)14-10-8-13(9-11-14)12-17-15(19)20-16(3,4)5/h8-11H,6-7,12H2,1-5H3,(H,17,19). The molecule has 1 amide bonds. The molecule has 4 heteroatoms. The molecule has 4 nitrogen and oxygen atoms in total. The molecule has 112 valence electrons. The van der Waals surface area contributed by atoms with Crippen molar-refractivity contribution in [1.29, 1.82) is 0 Å². The van der Waals surface area contributed by atoms with Gasteiger partial charge in [-0.1, -0.05) is 12.1 Å². The first-order chi connectivity index (χ1) is 9.35. The van der Waals surface area contributed by atoms with Gasteiger partial charge in [-0.2, -0.15) is 0 Å². The van der Waals surface area contributed by atoms with E-state index in [0.717, 1.165) is 18.7 Å². The molecular weight excluding hydrogens is 252 g/mol. The van der Waals surface area contributed by atoms with Gasteiger partial charge >= 0.3 is 6.09 Å². The normalized spacial score (nSPS) is 11.1. The second-order valence-electron chi connectivity index (χ2n) is 5.69. The van der Waals surface area contributed by atoms with Crippen LogP contribution in [0.1, 0.15) is 40.2 Å². The third-order valence-electron chi connectivity index (χ3n) is 2.90. The summed E-state index contributed by atoms with van der Waals surface area (Å²) in [5, 5.41) is 2.76. The molecule has 0 aromatic heterocycles. The predicted octanol–water partition coefficient (Wildman–Crippen LogP) is 3.56. The highest BCUT2D eigenvalue weighted by molar-refractivity contribution is 5.67. The van der Waals surface area contributed by atoms with Crippen LogP contribution in [0.5, 0.6) is 0 Å². The first-order valence-electron chi connectivity index (χ1n) is 7.16. The monoisotopic (exact) mass is 278 g/mol. The van der Waals surface area contributed by atoms with Gasteiger partial charge in [-0.15, -0.1) is 0 Å². The fraction of sp³-hybridized carbons (Fsp3) is 0.562. The van der Waals surface area contributed by atoms with E-state index >= 15 is 0 Å². The largest absolute Gasteiger partial charge is 0.444 e. The van der Waals surface area contributed by atoms with Gasteiger partial charge in [-0.3, -0.25) is 0 Å². The first kappa shape index (κ1) is 16.3. The molecule has 1 aromatic rings. The number of carbonyl (C=O) groups excluding carboxylic acids is 1. The molecule has 1 rings (SSSR count). The summed E-state index contributed by atoms with van der Waals surface area (Å²) < 4.78 is 5.20. The van der Waals surface area contributed by atoms with Crippen LogP contribution in [0.2, 0.25) is 0 Å². The zero-order valence-corrected chi connectivity index (χ0v) is 13.2.